The second-order valence-corrected chi connectivity index (χ2v) is 5.28. The molecule has 0 spiro atoms. The molecular formula is C14H17BrN4. The highest BCUT2D eigenvalue weighted by Crippen LogP contribution is 2.25. The monoisotopic (exact) mass is 320 g/mol. The van der Waals surface area contributed by atoms with Crippen LogP contribution in [0.2, 0.25) is 0 Å². The number of aromatic nitrogens is 2. The molecule has 0 saturated heterocycles. The van der Waals surface area contributed by atoms with E-state index in [1.54, 1.807) is 0 Å². The van der Waals surface area contributed by atoms with Crippen LogP contribution in [-0.4, -0.2) is 9.97 Å². The minimum Gasteiger partial charge on any atom is -0.383 e. The van der Waals surface area contributed by atoms with Gasteiger partial charge in [0.05, 0.1) is 0 Å². The Bertz CT molecular complexity index is 584. The van der Waals surface area contributed by atoms with Gasteiger partial charge in [0.2, 0.25) is 0 Å². The number of nitrogens with two attached hydrogens (primary N) is 1. The molecule has 100 valence electrons. The Kier molecular flexibility index (Phi) is 4.37. The van der Waals surface area contributed by atoms with Crippen molar-refractivity contribution < 1.29 is 0 Å². The minimum atomic E-state index is 0.549. The maximum atomic E-state index is 5.92. The first-order valence-electron chi connectivity index (χ1n) is 6.24. The molecule has 0 aliphatic heterocycles. The molecule has 0 radical (unpaired) electrons. The molecule has 0 unspecified atom stereocenters. The SMILES string of the molecule is CCCc1c(N)ncnc1Nc1ccc(Br)c(C)c1. The van der Waals surface area contributed by atoms with Crippen molar-refractivity contribution in [3.8, 4) is 0 Å². The molecule has 1 aromatic heterocycles. The molecule has 0 bridgehead atoms. The molecule has 0 aliphatic rings. The van der Waals surface area contributed by atoms with E-state index in [1.807, 2.05) is 12.1 Å². The highest BCUT2D eigenvalue weighted by molar-refractivity contribution is 9.10. The van der Waals surface area contributed by atoms with Crippen LogP contribution in [0.5, 0.6) is 0 Å². The van der Waals surface area contributed by atoms with Gasteiger partial charge in [-0.25, -0.2) is 9.97 Å². The van der Waals surface area contributed by atoms with E-state index in [1.165, 1.54) is 11.9 Å². The van der Waals surface area contributed by atoms with E-state index in [0.717, 1.165) is 34.4 Å². The van der Waals surface area contributed by atoms with Gasteiger partial charge in [-0.3, -0.25) is 0 Å². The number of anilines is 3. The first kappa shape index (κ1) is 13.8. The zero-order valence-electron chi connectivity index (χ0n) is 11.1. The van der Waals surface area contributed by atoms with Gasteiger partial charge in [-0.15, -0.1) is 0 Å². The third kappa shape index (κ3) is 3.23. The van der Waals surface area contributed by atoms with Gasteiger partial charge in [0, 0.05) is 15.7 Å². The van der Waals surface area contributed by atoms with Gasteiger partial charge in [0.15, 0.2) is 0 Å². The van der Waals surface area contributed by atoms with Crippen molar-refractivity contribution in [1.29, 1.82) is 0 Å². The molecule has 1 heterocycles. The van der Waals surface area contributed by atoms with E-state index in [-0.39, 0.29) is 0 Å². The number of nitrogens with zero attached hydrogens (tertiary/aromatic N) is 2. The second-order valence-electron chi connectivity index (χ2n) is 4.43. The van der Waals surface area contributed by atoms with E-state index in [9.17, 15) is 0 Å². The number of hydrogen-bond acceptors (Lipinski definition) is 4. The van der Waals surface area contributed by atoms with Crippen LogP contribution in [0.4, 0.5) is 17.3 Å². The predicted octanol–water partition coefficient (Wildman–Crippen LogP) is 3.83. The maximum absolute atomic E-state index is 5.92. The number of nitrogens with one attached hydrogen (secondary N) is 1. The molecular weight excluding hydrogens is 304 g/mol. The van der Waals surface area contributed by atoms with Crippen LogP contribution in [0, 0.1) is 6.92 Å². The van der Waals surface area contributed by atoms with Crippen molar-refractivity contribution in [3.05, 3.63) is 40.1 Å². The number of hydrogen-bond donors (Lipinski definition) is 2. The van der Waals surface area contributed by atoms with Crippen molar-refractivity contribution in [2.75, 3.05) is 11.1 Å². The quantitative estimate of drug-likeness (QED) is 0.898. The number of nitrogen functional groups attached to an aromatic ring is 1. The molecule has 0 aliphatic carbocycles. The van der Waals surface area contributed by atoms with Gasteiger partial charge < -0.3 is 11.1 Å². The predicted molar refractivity (Wildman–Crippen MR) is 82.6 cm³/mol. The zero-order chi connectivity index (χ0) is 13.8. The normalized spacial score (nSPS) is 10.5. The lowest BCUT2D eigenvalue weighted by atomic mass is 10.1. The highest BCUT2D eigenvalue weighted by Gasteiger charge is 2.09. The van der Waals surface area contributed by atoms with Crippen LogP contribution >= 0.6 is 15.9 Å². The summed E-state index contributed by atoms with van der Waals surface area (Å²) in [6.45, 7) is 4.16. The van der Waals surface area contributed by atoms with Crippen molar-refractivity contribution in [1.82, 2.24) is 9.97 Å². The van der Waals surface area contributed by atoms with Crippen LogP contribution in [-0.2, 0) is 6.42 Å². The number of benzene rings is 1. The summed E-state index contributed by atoms with van der Waals surface area (Å²) in [6.07, 6.45) is 3.36. The first-order valence-corrected chi connectivity index (χ1v) is 7.03. The Morgan fingerprint density at radius 2 is 2.11 bits per heavy atom. The summed E-state index contributed by atoms with van der Waals surface area (Å²) in [7, 11) is 0. The third-order valence-corrected chi connectivity index (χ3v) is 3.79. The summed E-state index contributed by atoms with van der Waals surface area (Å²) in [5, 5.41) is 3.31. The van der Waals surface area contributed by atoms with Crippen LogP contribution in [0.25, 0.3) is 0 Å². The number of halogens is 1. The van der Waals surface area contributed by atoms with Gasteiger partial charge in [-0.05, 0) is 37.1 Å². The average molecular weight is 321 g/mol. The van der Waals surface area contributed by atoms with Gasteiger partial charge in [-0.1, -0.05) is 29.3 Å². The fourth-order valence-electron chi connectivity index (χ4n) is 1.89. The smallest absolute Gasteiger partial charge is 0.139 e. The molecule has 0 amide bonds. The molecule has 3 N–H and O–H groups in total. The summed E-state index contributed by atoms with van der Waals surface area (Å²) in [5.74, 6) is 1.34. The van der Waals surface area contributed by atoms with Crippen molar-refractivity contribution in [2.24, 2.45) is 0 Å². The van der Waals surface area contributed by atoms with Crippen LogP contribution in [0.3, 0.4) is 0 Å². The van der Waals surface area contributed by atoms with Gasteiger partial charge in [0.25, 0.3) is 0 Å². The zero-order valence-corrected chi connectivity index (χ0v) is 12.7. The summed E-state index contributed by atoms with van der Waals surface area (Å²) in [4.78, 5) is 8.34. The lowest BCUT2D eigenvalue weighted by Crippen LogP contribution is -2.05. The summed E-state index contributed by atoms with van der Waals surface area (Å²) in [5.41, 5.74) is 9.06. The Labute approximate surface area is 121 Å². The summed E-state index contributed by atoms with van der Waals surface area (Å²) < 4.78 is 1.09. The van der Waals surface area contributed by atoms with E-state index < -0.39 is 0 Å². The van der Waals surface area contributed by atoms with Gasteiger partial charge in [0.1, 0.15) is 18.0 Å². The molecule has 0 atom stereocenters. The second kappa shape index (κ2) is 6.02. The fraction of sp³-hybridized carbons (Fsp3) is 0.286. The van der Waals surface area contributed by atoms with Crippen LogP contribution in [0.1, 0.15) is 24.5 Å². The van der Waals surface area contributed by atoms with Crippen molar-refractivity contribution in [2.45, 2.75) is 26.7 Å². The van der Waals surface area contributed by atoms with E-state index >= 15 is 0 Å². The largest absolute Gasteiger partial charge is 0.383 e. The number of aryl methyl sites for hydroxylation is 1. The standard InChI is InChI=1S/C14H17BrN4/c1-3-4-11-13(16)17-8-18-14(11)19-10-5-6-12(15)9(2)7-10/h5-8H,3-4H2,1-2H3,(H3,16,17,18,19). The van der Waals surface area contributed by atoms with Crippen molar-refractivity contribution >= 4 is 33.3 Å². The first-order chi connectivity index (χ1) is 9.11. The van der Waals surface area contributed by atoms with Crippen LogP contribution < -0.4 is 11.1 Å². The van der Waals surface area contributed by atoms with E-state index in [4.69, 9.17) is 5.73 Å². The fourth-order valence-corrected chi connectivity index (χ4v) is 2.14. The summed E-state index contributed by atoms with van der Waals surface area (Å²) in [6, 6.07) is 6.09. The van der Waals surface area contributed by atoms with E-state index in [0.29, 0.717) is 5.82 Å². The Balaban J connectivity index is 2.32. The Morgan fingerprint density at radius 1 is 1.32 bits per heavy atom. The van der Waals surface area contributed by atoms with Gasteiger partial charge in [-0.2, -0.15) is 0 Å². The molecule has 19 heavy (non-hydrogen) atoms. The molecule has 5 heteroatoms. The topological polar surface area (TPSA) is 63.8 Å². The van der Waals surface area contributed by atoms with E-state index in [2.05, 4.69) is 51.1 Å². The molecule has 0 fully saturated rings. The summed E-state index contributed by atoms with van der Waals surface area (Å²) >= 11 is 3.49. The Morgan fingerprint density at radius 3 is 2.79 bits per heavy atom. The van der Waals surface area contributed by atoms with Gasteiger partial charge >= 0.3 is 0 Å². The maximum Gasteiger partial charge on any atom is 0.139 e. The third-order valence-electron chi connectivity index (χ3n) is 2.90. The van der Waals surface area contributed by atoms with Crippen LogP contribution in [0.15, 0.2) is 29.0 Å². The lowest BCUT2D eigenvalue weighted by Gasteiger charge is -2.12. The molecule has 4 nitrogen and oxygen atoms in total. The number of rotatable bonds is 4. The molecule has 2 rings (SSSR count). The molecule has 0 saturated carbocycles. The highest BCUT2D eigenvalue weighted by atomic mass is 79.9. The molecule has 1 aromatic carbocycles. The molecule has 2 aromatic rings. The van der Waals surface area contributed by atoms with Crippen molar-refractivity contribution in [3.63, 3.8) is 0 Å². The lowest BCUT2D eigenvalue weighted by molar-refractivity contribution is 0.908. The average Bonchev–Trinajstić information content (AvgIpc) is 2.38. The Hall–Kier alpha value is -1.62. The minimum absolute atomic E-state index is 0.549.